The first-order valence-corrected chi connectivity index (χ1v) is 6.95. The van der Waals surface area contributed by atoms with Crippen molar-refractivity contribution in [2.45, 2.75) is 26.3 Å². The van der Waals surface area contributed by atoms with Crippen molar-refractivity contribution in [3.63, 3.8) is 0 Å². The molecule has 110 valence electrons. The lowest BCUT2D eigenvalue weighted by atomic mass is 10.1. The zero-order valence-corrected chi connectivity index (χ0v) is 12.7. The Kier molecular flexibility index (Phi) is 4.23. The number of hydrogen-bond acceptors (Lipinski definition) is 5. The molecule has 1 saturated heterocycles. The van der Waals surface area contributed by atoms with Gasteiger partial charge in [-0.2, -0.15) is 0 Å². The van der Waals surface area contributed by atoms with Crippen molar-refractivity contribution < 1.29 is 4.79 Å². The fourth-order valence-electron chi connectivity index (χ4n) is 2.07. The molecule has 6 heteroatoms. The van der Waals surface area contributed by atoms with Gasteiger partial charge in [-0.3, -0.25) is 4.79 Å². The summed E-state index contributed by atoms with van der Waals surface area (Å²) in [7, 11) is 2.06. The van der Waals surface area contributed by atoms with Crippen LogP contribution in [0, 0.1) is 0 Å². The Morgan fingerprint density at radius 1 is 1.15 bits per heavy atom. The molecule has 20 heavy (non-hydrogen) atoms. The minimum Gasteiger partial charge on any atom is -0.364 e. The molecule has 0 spiro atoms. The average Bonchev–Trinajstić information content (AvgIpc) is 2.38. The molecule has 1 aliphatic heterocycles. The van der Waals surface area contributed by atoms with E-state index in [0.717, 1.165) is 26.2 Å². The van der Waals surface area contributed by atoms with Crippen LogP contribution in [0.25, 0.3) is 0 Å². The molecule has 6 nitrogen and oxygen atoms in total. The molecule has 0 aromatic carbocycles. The fraction of sp³-hybridized carbons (Fsp3) is 0.643. The normalized spacial score (nSPS) is 17.1. The Morgan fingerprint density at radius 2 is 1.80 bits per heavy atom. The lowest BCUT2D eigenvalue weighted by Crippen LogP contribution is -2.47. The summed E-state index contributed by atoms with van der Waals surface area (Å²) in [5.41, 5.74) is 0.339. The molecule has 0 saturated carbocycles. The van der Waals surface area contributed by atoms with E-state index in [2.05, 4.69) is 48.2 Å². The van der Waals surface area contributed by atoms with Crippen molar-refractivity contribution >= 4 is 11.7 Å². The van der Waals surface area contributed by atoms with Gasteiger partial charge in [-0.05, 0) is 40.0 Å². The highest BCUT2D eigenvalue weighted by Gasteiger charge is 2.21. The third kappa shape index (κ3) is 3.90. The molecule has 2 heterocycles. The standard InChI is InChI=1S/C14H23N5O/c1-14(2,3)15-12-6-5-11(16-17-12)13(20)19-9-7-18(4)8-10-19/h5-6H,7-10H2,1-4H3,(H,15,17). The molecular weight excluding hydrogens is 254 g/mol. The van der Waals surface area contributed by atoms with Crippen molar-refractivity contribution in [2.24, 2.45) is 0 Å². The first-order valence-electron chi connectivity index (χ1n) is 6.95. The molecule has 0 radical (unpaired) electrons. The number of rotatable bonds is 2. The molecule has 1 aromatic heterocycles. The highest BCUT2D eigenvalue weighted by atomic mass is 16.2. The van der Waals surface area contributed by atoms with Crippen LogP contribution in [-0.4, -0.2) is 64.7 Å². The van der Waals surface area contributed by atoms with Crippen LogP contribution in [0.5, 0.6) is 0 Å². The van der Waals surface area contributed by atoms with Gasteiger partial charge in [-0.25, -0.2) is 0 Å². The van der Waals surface area contributed by atoms with E-state index in [1.54, 1.807) is 6.07 Å². The monoisotopic (exact) mass is 277 g/mol. The molecular formula is C14H23N5O. The van der Waals surface area contributed by atoms with Gasteiger partial charge in [0.25, 0.3) is 5.91 Å². The predicted molar refractivity (Wildman–Crippen MR) is 78.8 cm³/mol. The fourth-order valence-corrected chi connectivity index (χ4v) is 2.07. The average molecular weight is 277 g/mol. The van der Waals surface area contributed by atoms with Crippen LogP contribution < -0.4 is 5.32 Å². The summed E-state index contributed by atoms with van der Waals surface area (Å²) in [4.78, 5) is 16.3. The minimum absolute atomic E-state index is 0.0343. The predicted octanol–water partition coefficient (Wildman–Crippen LogP) is 1.07. The smallest absolute Gasteiger partial charge is 0.274 e. The van der Waals surface area contributed by atoms with Gasteiger partial charge in [0.15, 0.2) is 5.69 Å². The molecule has 1 fully saturated rings. The Bertz CT molecular complexity index is 457. The number of nitrogens with one attached hydrogen (secondary N) is 1. The number of aromatic nitrogens is 2. The van der Waals surface area contributed by atoms with E-state index >= 15 is 0 Å². The molecule has 0 unspecified atom stereocenters. The van der Waals surface area contributed by atoms with Gasteiger partial charge in [-0.1, -0.05) is 0 Å². The van der Waals surface area contributed by atoms with E-state index in [9.17, 15) is 4.79 Å². The number of hydrogen-bond donors (Lipinski definition) is 1. The van der Waals surface area contributed by atoms with Crippen LogP contribution in [0.3, 0.4) is 0 Å². The lowest BCUT2D eigenvalue weighted by molar-refractivity contribution is 0.0657. The first-order chi connectivity index (χ1) is 9.35. The molecule has 1 N–H and O–H groups in total. The van der Waals surface area contributed by atoms with Gasteiger partial charge in [0, 0.05) is 31.7 Å². The summed E-state index contributed by atoms with van der Waals surface area (Å²) >= 11 is 0. The highest BCUT2D eigenvalue weighted by Crippen LogP contribution is 2.12. The van der Waals surface area contributed by atoms with E-state index in [-0.39, 0.29) is 11.4 Å². The van der Waals surface area contributed by atoms with Gasteiger partial charge < -0.3 is 15.1 Å². The number of piperazine rings is 1. The summed E-state index contributed by atoms with van der Waals surface area (Å²) in [6.07, 6.45) is 0. The largest absolute Gasteiger partial charge is 0.364 e. The molecule has 0 atom stereocenters. The van der Waals surface area contributed by atoms with Crippen LogP contribution in [0.4, 0.5) is 5.82 Å². The first kappa shape index (κ1) is 14.7. The Labute approximate surface area is 120 Å². The van der Waals surface area contributed by atoms with Crippen LogP contribution in [0.2, 0.25) is 0 Å². The van der Waals surface area contributed by atoms with Crippen molar-refractivity contribution in [1.29, 1.82) is 0 Å². The third-order valence-corrected chi connectivity index (χ3v) is 3.18. The number of amides is 1. The summed E-state index contributed by atoms with van der Waals surface area (Å²) in [5.74, 6) is 0.653. The second kappa shape index (κ2) is 5.75. The van der Waals surface area contributed by atoms with E-state index in [4.69, 9.17) is 0 Å². The summed E-state index contributed by atoms with van der Waals surface area (Å²) in [5, 5.41) is 11.3. The summed E-state index contributed by atoms with van der Waals surface area (Å²) < 4.78 is 0. The Balaban J connectivity index is 2.00. The molecule has 0 bridgehead atoms. The molecule has 1 amide bonds. The number of carbonyl (C=O) groups is 1. The Hall–Kier alpha value is -1.69. The van der Waals surface area contributed by atoms with E-state index < -0.39 is 0 Å². The van der Waals surface area contributed by atoms with Gasteiger partial charge in [-0.15, -0.1) is 10.2 Å². The minimum atomic E-state index is -0.0718. The van der Waals surface area contributed by atoms with Gasteiger partial charge in [0.2, 0.25) is 0 Å². The second-order valence-corrected chi connectivity index (χ2v) is 6.27. The second-order valence-electron chi connectivity index (χ2n) is 6.27. The molecule has 1 aromatic rings. The van der Waals surface area contributed by atoms with Crippen LogP contribution >= 0.6 is 0 Å². The zero-order valence-electron chi connectivity index (χ0n) is 12.7. The molecule has 2 rings (SSSR count). The van der Waals surface area contributed by atoms with Crippen molar-refractivity contribution in [3.05, 3.63) is 17.8 Å². The number of likely N-dealkylation sites (N-methyl/N-ethyl adjacent to an activating group) is 1. The van der Waals surface area contributed by atoms with Crippen LogP contribution in [0.15, 0.2) is 12.1 Å². The maximum absolute atomic E-state index is 12.3. The number of anilines is 1. The van der Waals surface area contributed by atoms with Gasteiger partial charge in [0.05, 0.1) is 0 Å². The zero-order chi connectivity index (χ0) is 14.8. The van der Waals surface area contributed by atoms with Gasteiger partial charge in [0.1, 0.15) is 5.82 Å². The van der Waals surface area contributed by atoms with Crippen molar-refractivity contribution in [3.8, 4) is 0 Å². The quantitative estimate of drug-likeness (QED) is 0.876. The van der Waals surface area contributed by atoms with Crippen LogP contribution in [-0.2, 0) is 0 Å². The summed E-state index contributed by atoms with van der Waals surface area (Å²) in [6, 6.07) is 3.54. The van der Waals surface area contributed by atoms with E-state index in [1.807, 2.05) is 11.0 Å². The topological polar surface area (TPSA) is 61.4 Å². The van der Waals surface area contributed by atoms with Gasteiger partial charge >= 0.3 is 0 Å². The number of carbonyl (C=O) groups excluding carboxylic acids is 1. The summed E-state index contributed by atoms with van der Waals surface area (Å²) in [6.45, 7) is 9.47. The lowest BCUT2D eigenvalue weighted by Gasteiger charge is -2.32. The number of nitrogens with zero attached hydrogens (tertiary/aromatic N) is 4. The SMILES string of the molecule is CN1CCN(C(=O)c2ccc(NC(C)(C)C)nn2)CC1. The highest BCUT2D eigenvalue weighted by molar-refractivity contribution is 5.92. The van der Waals surface area contributed by atoms with E-state index in [0.29, 0.717) is 11.5 Å². The van der Waals surface area contributed by atoms with E-state index in [1.165, 1.54) is 0 Å². The maximum atomic E-state index is 12.3. The van der Waals surface area contributed by atoms with Crippen molar-refractivity contribution in [1.82, 2.24) is 20.0 Å². The third-order valence-electron chi connectivity index (χ3n) is 3.18. The Morgan fingerprint density at radius 3 is 2.30 bits per heavy atom. The molecule has 0 aliphatic carbocycles. The molecule has 1 aliphatic rings. The maximum Gasteiger partial charge on any atom is 0.274 e. The van der Waals surface area contributed by atoms with Crippen molar-refractivity contribution in [2.75, 3.05) is 38.5 Å². The van der Waals surface area contributed by atoms with Crippen LogP contribution in [0.1, 0.15) is 31.3 Å².